The van der Waals surface area contributed by atoms with Gasteiger partial charge in [-0.15, -0.1) is 0 Å². The molecule has 1 aromatic heterocycles. The average molecular weight is 222 g/mol. The predicted molar refractivity (Wildman–Crippen MR) is 61.0 cm³/mol. The number of aromatic nitrogens is 1. The lowest BCUT2D eigenvalue weighted by molar-refractivity contribution is 0.574. The van der Waals surface area contributed by atoms with E-state index in [0.717, 1.165) is 5.56 Å². The molecular weight excluding hydrogens is 210 g/mol. The molecule has 2 rings (SSSR count). The monoisotopic (exact) mass is 221 g/mol. The second-order valence-corrected chi connectivity index (χ2v) is 4.14. The van der Waals surface area contributed by atoms with Crippen LogP contribution in [0.15, 0.2) is 35.1 Å². The van der Waals surface area contributed by atoms with Gasteiger partial charge in [0.2, 0.25) is 5.89 Å². The number of rotatable bonds is 2. The number of nitrogens with zero attached hydrogens (tertiary/aromatic N) is 1. The molecule has 78 valence electrons. The first kappa shape index (κ1) is 10.2. The lowest BCUT2D eigenvalue weighted by Crippen LogP contribution is -1.88. The lowest BCUT2D eigenvalue weighted by atomic mass is 10.0. The minimum Gasteiger partial charge on any atom is -0.444 e. The third-order valence-corrected chi connectivity index (χ3v) is 2.64. The van der Waals surface area contributed by atoms with Gasteiger partial charge in [-0.3, -0.25) is 0 Å². The van der Waals surface area contributed by atoms with Gasteiger partial charge in [-0.1, -0.05) is 31.5 Å². The molecular formula is C12H12ClNO. The van der Waals surface area contributed by atoms with Crippen molar-refractivity contribution in [2.45, 2.75) is 19.8 Å². The summed E-state index contributed by atoms with van der Waals surface area (Å²) in [7, 11) is 0. The van der Waals surface area contributed by atoms with E-state index in [0.29, 0.717) is 16.8 Å². The zero-order valence-electron chi connectivity index (χ0n) is 8.70. The summed E-state index contributed by atoms with van der Waals surface area (Å²) in [5, 5.41) is 0.684. The summed E-state index contributed by atoms with van der Waals surface area (Å²) in [6.45, 7) is 4.27. The van der Waals surface area contributed by atoms with Gasteiger partial charge in [-0.2, -0.15) is 0 Å². The first-order valence-corrected chi connectivity index (χ1v) is 5.25. The van der Waals surface area contributed by atoms with E-state index in [9.17, 15) is 0 Å². The molecule has 0 aliphatic carbocycles. The molecule has 3 heteroatoms. The molecule has 0 radical (unpaired) electrons. The summed E-state index contributed by atoms with van der Waals surface area (Å²) in [5.41, 5.74) is 2.06. The second-order valence-electron chi connectivity index (χ2n) is 3.73. The molecule has 0 bridgehead atoms. The molecule has 0 unspecified atom stereocenters. The van der Waals surface area contributed by atoms with Gasteiger partial charge >= 0.3 is 0 Å². The molecule has 0 fully saturated rings. The molecule has 15 heavy (non-hydrogen) atoms. The SMILES string of the molecule is CC(C)c1ccc(-c2ncco2)c(Cl)c1. The molecule has 0 N–H and O–H groups in total. The highest BCUT2D eigenvalue weighted by molar-refractivity contribution is 6.33. The molecule has 0 amide bonds. The zero-order chi connectivity index (χ0) is 10.8. The van der Waals surface area contributed by atoms with Crippen LogP contribution >= 0.6 is 11.6 Å². The molecule has 0 atom stereocenters. The van der Waals surface area contributed by atoms with Crippen molar-refractivity contribution in [1.29, 1.82) is 0 Å². The van der Waals surface area contributed by atoms with E-state index in [2.05, 4.69) is 24.9 Å². The second kappa shape index (κ2) is 4.07. The Bertz CT molecular complexity index is 449. The van der Waals surface area contributed by atoms with Crippen molar-refractivity contribution in [3.63, 3.8) is 0 Å². The fourth-order valence-electron chi connectivity index (χ4n) is 1.42. The fraction of sp³-hybridized carbons (Fsp3) is 0.250. The van der Waals surface area contributed by atoms with Gasteiger partial charge < -0.3 is 4.42 Å². The Morgan fingerprint density at radius 1 is 1.33 bits per heavy atom. The van der Waals surface area contributed by atoms with Gasteiger partial charge in [0.1, 0.15) is 6.26 Å². The standard InChI is InChI=1S/C12H12ClNO/c1-8(2)9-3-4-10(11(13)7-9)12-14-5-6-15-12/h3-8H,1-2H3. The number of benzene rings is 1. The maximum Gasteiger partial charge on any atom is 0.227 e. The van der Waals surface area contributed by atoms with Crippen LogP contribution in [0.1, 0.15) is 25.3 Å². The molecule has 0 aliphatic rings. The number of hydrogen-bond donors (Lipinski definition) is 0. The Kier molecular flexibility index (Phi) is 2.78. The summed E-state index contributed by atoms with van der Waals surface area (Å²) in [4.78, 5) is 4.07. The highest BCUT2D eigenvalue weighted by Crippen LogP contribution is 2.29. The van der Waals surface area contributed by atoms with Crippen molar-refractivity contribution in [3.05, 3.63) is 41.2 Å². The van der Waals surface area contributed by atoms with Crippen LogP contribution in [-0.2, 0) is 0 Å². The third-order valence-electron chi connectivity index (χ3n) is 2.32. The van der Waals surface area contributed by atoms with Crippen molar-refractivity contribution in [3.8, 4) is 11.5 Å². The predicted octanol–water partition coefficient (Wildman–Crippen LogP) is 4.12. The minimum atomic E-state index is 0.473. The molecule has 0 aliphatic heterocycles. The summed E-state index contributed by atoms with van der Waals surface area (Å²) in [6, 6.07) is 5.96. The van der Waals surface area contributed by atoms with Crippen molar-refractivity contribution in [2.75, 3.05) is 0 Å². The van der Waals surface area contributed by atoms with Crippen LogP contribution in [0, 0.1) is 0 Å². The summed E-state index contributed by atoms with van der Waals surface area (Å²) in [5.74, 6) is 1.04. The van der Waals surface area contributed by atoms with E-state index < -0.39 is 0 Å². The van der Waals surface area contributed by atoms with Gasteiger partial charge in [-0.05, 0) is 23.6 Å². The first-order chi connectivity index (χ1) is 7.18. The molecule has 0 spiro atoms. The number of hydrogen-bond acceptors (Lipinski definition) is 2. The van der Waals surface area contributed by atoms with E-state index in [1.165, 1.54) is 5.56 Å². The van der Waals surface area contributed by atoms with E-state index in [1.54, 1.807) is 12.5 Å². The van der Waals surface area contributed by atoms with E-state index >= 15 is 0 Å². The van der Waals surface area contributed by atoms with Crippen LogP contribution in [0.5, 0.6) is 0 Å². The van der Waals surface area contributed by atoms with E-state index in [1.807, 2.05) is 12.1 Å². The average Bonchev–Trinajstić information content (AvgIpc) is 2.70. The largest absolute Gasteiger partial charge is 0.444 e. The Hall–Kier alpha value is -1.28. The third kappa shape index (κ3) is 2.05. The Balaban J connectivity index is 2.44. The number of halogens is 1. The van der Waals surface area contributed by atoms with Crippen LogP contribution < -0.4 is 0 Å². The molecule has 2 aromatic rings. The Morgan fingerprint density at radius 3 is 2.67 bits per heavy atom. The van der Waals surface area contributed by atoms with Gasteiger partial charge in [-0.25, -0.2) is 4.98 Å². The van der Waals surface area contributed by atoms with E-state index in [-0.39, 0.29) is 0 Å². The summed E-state index contributed by atoms with van der Waals surface area (Å²) >= 11 is 6.16. The van der Waals surface area contributed by atoms with Crippen LogP contribution in [-0.4, -0.2) is 4.98 Å². The van der Waals surface area contributed by atoms with Crippen molar-refractivity contribution in [1.82, 2.24) is 4.98 Å². The highest BCUT2D eigenvalue weighted by Gasteiger charge is 2.09. The molecule has 1 heterocycles. The molecule has 0 saturated heterocycles. The minimum absolute atomic E-state index is 0.473. The molecule has 2 nitrogen and oxygen atoms in total. The smallest absolute Gasteiger partial charge is 0.227 e. The first-order valence-electron chi connectivity index (χ1n) is 4.88. The quantitative estimate of drug-likeness (QED) is 0.763. The van der Waals surface area contributed by atoms with E-state index in [4.69, 9.17) is 16.0 Å². The van der Waals surface area contributed by atoms with Gasteiger partial charge in [0.25, 0.3) is 0 Å². The Labute approximate surface area is 93.9 Å². The lowest BCUT2D eigenvalue weighted by Gasteiger charge is -2.07. The van der Waals surface area contributed by atoms with Gasteiger partial charge in [0.15, 0.2) is 0 Å². The molecule has 1 aromatic carbocycles. The maximum absolute atomic E-state index is 6.16. The van der Waals surface area contributed by atoms with Crippen molar-refractivity contribution in [2.24, 2.45) is 0 Å². The van der Waals surface area contributed by atoms with Crippen LogP contribution in [0.3, 0.4) is 0 Å². The normalized spacial score (nSPS) is 10.9. The maximum atomic E-state index is 6.16. The summed E-state index contributed by atoms with van der Waals surface area (Å²) < 4.78 is 5.21. The fourth-order valence-corrected chi connectivity index (χ4v) is 1.69. The number of oxazole rings is 1. The van der Waals surface area contributed by atoms with Crippen molar-refractivity contribution < 1.29 is 4.42 Å². The van der Waals surface area contributed by atoms with Gasteiger partial charge in [0, 0.05) is 0 Å². The van der Waals surface area contributed by atoms with Crippen LogP contribution in [0.2, 0.25) is 5.02 Å². The van der Waals surface area contributed by atoms with Gasteiger partial charge in [0.05, 0.1) is 16.8 Å². The highest BCUT2D eigenvalue weighted by atomic mass is 35.5. The van der Waals surface area contributed by atoms with Crippen molar-refractivity contribution >= 4 is 11.6 Å². The Morgan fingerprint density at radius 2 is 2.13 bits per heavy atom. The van der Waals surface area contributed by atoms with Crippen LogP contribution in [0.4, 0.5) is 0 Å². The zero-order valence-corrected chi connectivity index (χ0v) is 9.45. The topological polar surface area (TPSA) is 26.0 Å². The van der Waals surface area contributed by atoms with Crippen LogP contribution in [0.25, 0.3) is 11.5 Å². The molecule has 0 saturated carbocycles. The summed E-state index contributed by atoms with van der Waals surface area (Å²) in [6.07, 6.45) is 3.16.